The van der Waals surface area contributed by atoms with Crippen LogP contribution in [0.5, 0.6) is 0 Å². The Balaban J connectivity index is 0.000000123. The molecule has 4 nitrogen and oxygen atoms in total. The summed E-state index contributed by atoms with van der Waals surface area (Å²) in [7, 11) is 0. The van der Waals surface area contributed by atoms with Crippen LogP contribution in [0.25, 0.3) is 20.4 Å². The number of thiazole rings is 2. The summed E-state index contributed by atoms with van der Waals surface area (Å²) in [6.45, 7) is 0. The van der Waals surface area contributed by atoms with Crippen LogP contribution in [0.2, 0.25) is 0 Å². The van der Waals surface area contributed by atoms with Crippen LogP contribution < -0.4 is 11.5 Å². The van der Waals surface area contributed by atoms with E-state index in [0.29, 0.717) is 10.8 Å². The molecule has 0 atom stereocenters. The molecule has 0 saturated carbocycles. The van der Waals surface area contributed by atoms with E-state index in [2.05, 4.69) is 16.0 Å². The summed E-state index contributed by atoms with van der Waals surface area (Å²) in [5.41, 5.74) is 15.6. The van der Waals surface area contributed by atoms with Crippen molar-refractivity contribution < 1.29 is 0 Å². The topological polar surface area (TPSA) is 77.8 Å². The highest BCUT2D eigenvalue weighted by Crippen LogP contribution is 2.27. The predicted octanol–water partition coefficient (Wildman–Crippen LogP) is 3.76. The molecule has 0 aliphatic rings. The van der Waals surface area contributed by atoms with Gasteiger partial charge in [0.15, 0.2) is 5.13 Å². The minimum atomic E-state index is 0.568. The molecule has 2 aromatic carbocycles. The molecule has 6 heteroatoms. The number of hydrogen-bond donors (Lipinski definition) is 2. The van der Waals surface area contributed by atoms with Crippen molar-refractivity contribution in [3.63, 3.8) is 0 Å². The first-order valence-corrected chi connectivity index (χ1v) is 7.62. The van der Waals surface area contributed by atoms with Gasteiger partial charge in [-0.25, -0.2) is 9.97 Å². The SMILES string of the molecule is Nc1nc2c(N)cccc2s1.c1ccc2scnc2c1. The van der Waals surface area contributed by atoms with Gasteiger partial charge in [0.2, 0.25) is 0 Å². The smallest absolute Gasteiger partial charge is 0.181 e. The number of anilines is 2. The first-order valence-electron chi connectivity index (χ1n) is 5.93. The second-order valence-electron chi connectivity index (χ2n) is 4.07. The average molecular weight is 300 g/mol. The Hall–Kier alpha value is -2.18. The third-order valence-corrected chi connectivity index (χ3v) is 4.36. The van der Waals surface area contributed by atoms with Crippen molar-refractivity contribution in [2.75, 3.05) is 11.5 Å². The fraction of sp³-hybridized carbons (Fsp3) is 0. The van der Waals surface area contributed by atoms with Gasteiger partial charge in [0.1, 0.15) is 5.52 Å². The van der Waals surface area contributed by atoms with Crippen molar-refractivity contribution >= 4 is 53.9 Å². The number of nitrogens with two attached hydrogens (primary N) is 2. The van der Waals surface area contributed by atoms with Crippen LogP contribution in [-0.2, 0) is 0 Å². The lowest BCUT2D eigenvalue weighted by Crippen LogP contribution is -1.86. The molecule has 0 fully saturated rings. The van der Waals surface area contributed by atoms with Gasteiger partial charge in [-0.15, -0.1) is 11.3 Å². The van der Waals surface area contributed by atoms with Gasteiger partial charge >= 0.3 is 0 Å². The normalized spacial score (nSPS) is 10.4. The summed E-state index contributed by atoms with van der Waals surface area (Å²) in [5, 5.41) is 0.568. The van der Waals surface area contributed by atoms with Gasteiger partial charge in [-0.2, -0.15) is 0 Å². The number of hydrogen-bond acceptors (Lipinski definition) is 6. The number of nitrogen functional groups attached to an aromatic ring is 2. The molecule has 0 bridgehead atoms. The molecule has 0 saturated heterocycles. The zero-order chi connectivity index (χ0) is 13.9. The summed E-state index contributed by atoms with van der Waals surface area (Å²) in [6.07, 6.45) is 0. The molecule has 4 aromatic rings. The number of aromatic nitrogens is 2. The molecule has 2 heterocycles. The number of para-hydroxylation sites is 2. The molecule has 4 N–H and O–H groups in total. The van der Waals surface area contributed by atoms with Crippen molar-refractivity contribution in [2.45, 2.75) is 0 Å². The highest BCUT2D eigenvalue weighted by atomic mass is 32.1. The van der Waals surface area contributed by atoms with Crippen LogP contribution in [0.3, 0.4) is 0 Å². The second-order valence-corrected chi connectivity index (χ2v) is 6.01. The molecule has 0 aliphatic carbocycles. The van der Waals surface area contributed by atoms with E-state index in [9.17, 15) is 0 Å². The third kappa shape index (κ3) is 2.56. The number of rotatable bonds is 0. The van der Waals surface area contributed by atoms with Gasteiger partial charge in [0.05, 0.1) is 26.1 Å². The second kappa shape index (κ2) is 5.44. The molecule has 0 unspecified atom stereocenters. The molecule has 0 aliphatic heterocycles. The summed E-state index contributed by atoms with van der Waals surface area (Å²) in [4.78, 5) is 8.22. The summed E-state index contributed by atoms with van der Waals surface area (Å²) >= 11 is 3.13. The van der Waals surface area contributed by atoms with E-state index in [1.807, 2.05) is 41.9 Å². The molecule has 2 aromatic heterocycles. The van der Waals surface area contributed by atoms with Crippen LogP contribution in [-0.4, -0.2) is 9.97 Å². The zero-order valence-corrected chi connectivity index (χ0v) is 12.1. The maximum absolute atomic E-state index is 5.66. The van der Waals surface area contributed by atoms with E-state index in [1.54, 1.807) is 11.3 Å². The first kappa shape index (κ1) is 12.8. The Labute approximate surface area is 123 Å². The lowest BCUT2D eigenvalue weighted by molar-refractivity contribution is 1.50. The Kier molecular flexibility index (Phi) is 3.49. The quantitative estimate of drug-likeness (QED) is 0.485. The van der Waals surface area contributed by atoms with Gasteiger partial charge < -0.3 is 11.5 Å². The fourth-order valence-corrected chi connectivity index (χ4v) is 3.24. The summed E-state index contributed by atoms with van der Waals surface area (Å²) in [6, 6.07) is 13.8. The zero-order valence-electron chi connectivity index (χ0n) is 10.5. The summed E-state index contributed by atoms with van der Waals surface area (Å²) in [5.74, 6) is 0. The van der Waals surface area contributed by atoms with E-state index in [4.69, 9.17) is 11.5 Å². The molecule has 4 rings (SSSR count). The van der Waals surface area contributed by atoms with Gasteiger partial charge in [0.25, 0.3) is 0 Å². The van der Waals surface area contributed by atoms with Crippen LogP contribution in [0.1, 0.15) is 0 Å². The monoisotopic (exact) mass is 300 g/mol. The van der Waals surface area contributed by atoms with E-state index in [-0.39, 0.29) is 0 Å². The van der Waals surface area contributed by atoms with Crippen molar-refractivity contribution in [1.29, 1.82) is 0 Å². The Morgan fingerprint density at radius 3 is 2.50 bits per heavy atom. The molecule has 0 radical (unpaired) electrons. The van der Waals surface area contributed by atoms with Crippen molar-refractivity contribution in [2.24, 2.45) is 0 Å². The molecular formula is C14H12N4S2. The van der Waals surface area contributed by atoms with Crippen LogP contribution >= 0.6 is 22.7 Å². The average Bonchev–Trinajstić information content (AvgIpc) is 3.05. The van der Waals surface area contributed by atoms with Gasteiger partial charge in [0, 0.05) is 0 Å². The maximum atomic E-state index is 5.66. The lowest BCUT2D eigenvalue weighted by atomic mass is 10.3. The van der Waals surface area contributed by atoms with Crippen molar-refractivity contribution in [1.82, 2.24) is 9.97 Å². The molecule has 20 heavy (non-hydrogen) atoms. The van der Waals surface area contributed by atoms with Crippen molar-refractivity contribution in [3.8, 4) is 0 Å². The van der Waals surface area contributed by atoms with E-state index < -0.39 is 0 Å². The van der Waals surface area contributed by atoms with Crippen molar-refractivity contribution in [3.05, 3.63) is 48.0 Å². The Morgan fingerprint density at radius 1 is 0.900 bits per heavy atom. The highest BCUT2D eigenvalue weighted by molar-refractivity contribution is 7.22. The first-order chi connectivity index (χ1) is 9.74. The molecule has 0 amide bonds. The molecule has 100 valence electrons. The van der Waals surface area contributed by atoms with E-state index in [1.165, 1.54) is 16.0 Å². The minimum absolute atomic E-state index is 0.568. The van der Waals surface area contributed by atoms with E-state index in [0.717, 1.165) is 15.7 Å². The number of nitrogens with zero attached hydrogens (tertiary/aromatic N) is 2. The molecule has 0 spiro atoms. The standard InChI is InChI=1S/C7H7N3S.C7H5NS/c8-4-2-1-3-5-6(4)10-7(9)11-5;1-2-4-7-6(3-1)8-5-9-7/h1-3H,8H2,(H2,9,10);1-5H. The van der Waals surface area contributed by atoms with Gasteiger partial charge in [-0.05, 0) is 24.3 Å². The lowest BCUT2D eigenvalue weighted by Gasteiger charge is -1.90. The number of fused-ring (bicyclic) bond motifs is 2. The van der Waals surface area contributed by atoms with Crippen LogP contribution in [0.15, 0.2) is 48.0 Å². The maximum Gasteiger partial charge on any atom is 0.181 e. The number of benzene rings is 2. The van der Waals surface area contributed by atoms with E-state index >= 15 is 0 Å². The van der Waals surface area contributed by atoms with Crippen LogP contribution in [0, 0.1) is 0 Å². The highest BCUT2D eigenvalue weighted by Gasteiger charge is 2.01. The third-order valence-electron chi connectivity index (χ3n) is 2.70. The van der Waals surface area contributed by atoms with Gasteiger partial charge in [-0.3, -0.25) is 0 Å². The fourth-order valence-electron chi connectivity index (χ4n) is 1.79. The minimum Gasteiger partial charge on any atom is -0.397 e. The summed E-state index contributed by atoms with van der Waals surface area (Å²) < 4.78 is 2.31. The molecular weight excluding hydrogens is 288 g/mol. The predicted molar refractivity (Wildman–Crippen MR) is 88.1 cm³/mol. The van der Waals surface area contributed by atoms with Crippen LogP contribution in [0.4, 0.5) is 10.8 Å². The Bertz CT molecular complexity index is 820. The van der Waals surface area contributed by atoms with Gasteiger partial charge in [-0.1, -0.05) is 29.5 Å². The largest absolute Gasteiger partial charge is 0.397 e. The Morgan fingerprint density at radius 2 is 1.70 bits per heavy atom.